The molecule has 0 bridgehead atoms. The monoisotopic (exact) mass is 209 g/mol. The second-order valence-corrected chi connectivity index (χ2v) is 4.13. The predicted molar refractivity (Wildman–Crippen MR) is 58.6 cm³/mol. The van der Waals surface area contributed by atoms with Crippen LogP contribution in [0.25, 0.3) is 0 Å². The number of rotatable bonds is 8. The molecular formula is C12H19NO2. The van der Waals surface area contributed by atoms with E-state index in [2.05, 4.69) is 5.32 Å². The molecular weight excluding hydrogens is 190 g/mol. The van der Waals surface area contributed by atoms with Gasteiger partial charge < -0.3 is 14.5 Å². The third kappa shape index (κ3) is 4.49. The van der Waals surface area contributed by atoms with Crippen molar-refractivity contribution in [2.45, 2.75) is 25.8 Å². The minimum absolute atomic E-state index is 0.815. The lowest BCUT2D eigenvalue weighted by molar-refractivity contribution is 0.122. The van der Waals surface area contributed by atoms with Crippen molar-refractivity contribution in [3.8, 4) is 0 Å². The summed E-state index contributed by atoms with van der Waals surface area (Å²) in [5, 5.41) is 3.32. The molecule has 1 fully saturated rings. The largest absolute Gasteiger partial charge is 0.468 e. The summed E-state index contributed by atoms with van der Waals surface area (Å²) < 4.78 is 10.7. The molecule has 1 aromatic rings. The van der Waals surface area contributed by atoms with Gasteiger partial charge in [0, 0.05) is 13.2 Å². The first-order valence-corrected chi connectivity index (χ1v) is 5.76. The lowest BCUT2D eigenvalue weighted by Gasteiger charge is -2.04. The lowest BCUT2D eigenvalue weighted by atomic mass is 10.4. The number of nitrogens with one attached hydrogen (secondary N) is 1. The van der Waals surface area contributed by atoms with Gasteiger partial charge in [0.1, 0.15) is 5.76 Å². The van der Waals surface area contributed by atoms with Crippen molar-refractivity contribution >= 4 is 0 Å². The maximum atomic E-state index is 5.53. The second-order valence-electron chi connectivity index (χ2n) is 4.13. The summed E-state index contributed by atoms with van der Waals surface area (Å²) in [7, 11) is 0. The Bertz CT molecular complexity index is 255. The van der Waals surface area contributed by atoms with E-state index in [-0.39, 0.29) is 0 Å². The third-order valence-corrected chi connectivity index (χ3v) is 2.57. The summed E-state index contributed by atoms with van der Waals surface area (Å²) >= 11 is 0. The van der Waals surface area contributed by atoms with Crippen LogP contribution in [0.5, 0.6) is 0 Å². The molecule has 0 unspecified atom stereocenters. The average Bonchev–Trinajstić information content (AvgIpc) is 2.92. The van der Waals surface area contributed by atoms with Gasteiger partial charge in [-0.05, 0) is 43.9 Å². The van der Waals surface area contributed by atoms with Gasteiger partial charge in [-0.25, -0.2) is 0 Å². The fourth-order valence-electron chi connectivity index (χ4n) is 1.46. The normalized spacial score (nSPS) is 15.7. The molecule has 0 amide bonds. The van der Waals surface area contributed by atoms with E-state index in [9.17, 15) is 0 Å². The van der Waals surface area contributed by atoms with Crippen molar-refractivity contribution in [2.24, 2.45) is 5.92 Å². The van der Waals surface area contributed by atoms with Crippen molar-refractivity contribution < 1.29 is 9.15 Å². The van der Waals surface area contributed by atoms with Gasteiger partial charge in [0.2, 0.25) is 0 Å². The van der Waals surface area contributed by atoms with Gasteiger partial charge >= 0.3 is 0 Å². The van der Waals surface area contributed by atoms with Crippen molar-refractivity contribution in [2.75, 3.05) is 19.8 Å². The minimum atomic E-state index is 0.815. The highest BCUT2D eigenvalue weighted by atomic mass is 16.5. The average molecular weight is 209 g/mol. The highest BCUT2D eigenvalue weighted by Crippen LogP contribution is 2.28. The molecule has 0 aromatic carbocycles. The number of hydrogen-bond acceptors (Lipinski definition) is 3. The zero-order valence-corrected chi connectivity index (χ0v) is 9.08. The maximum Gasteiger partial charge on any atom is 0.117 e. The second kappa shape index (κ2) is 5.93. The van der Waals surface area contributed by atoms with E-state index in [0.717, 1.165) is 44.4 Å². The van der Waals surface area contributed by atoms with E-state index in [0.29, 0.717) is 0 Å². The van der Waals surface area contributed by atoms with Crippen LogP contribution in [0.2, 0.25) is 0 Å². The Morgan fingerprint density at radius 3 is 3.13 bits per heavy atom. The highest BCUT2D eigenvalue weighted by molar-refractivity contribution is 4.97. The summed E-state index contributed by atoms with van der Waals surface area (Å²) in [6, 6.07) is 3.90. The Morgan fingerprint density at radius 1 is 1.47 bits per heavy atom. The molecule has 0 aliphatic heterocycles. The molecule has 0 spiro atoms. The zero-order valence-electron chi connectivity index (χ0n) is 9.08. The van der Waals surface area contributed by atoms with Crippen LogP contribution in [0.15, 0.2) is 22.8 Å². The fourth-order valence-corrected chi connectivity index (χ4v) is 1.46. The van der Waals surface area contributed by atoms with Crippen LogP contribution in [0.1, 0.15) is 25.0 Å². The predicted octanol–water partition coefficient (Wildman–Crippen LogP) is 2.19. The van der Waals surface area contributed by atoms with Gasteiger partial charge in [-0.15, -0.1) is 0 Å². The number of ether oxygens (including phenoxy) is 1. The molecule has 0 radical (unpaired) electrons. The molecule has 1 heterocycles. The number of furan rings is 1. The van der Waals surface area contributed by atoms with Gasteiger partial charge in [0.15, 0.2) is 0 Å². The first kappa shape index (κ1) is 10.7. The Labute approximate surface area is 90.8 Å². The maximum absolute atomic E-state index is 5.53. The summed E-state index contributed by atoms with van der Waals surface area (Å²) in [5.74, 6) is 1.87. The Morgan fingerprint density at radius 2 is 2.40 bits per heavy atom. The van der Waals surface area contributed by atoms with Crippen LogP contribution in [0.3, 0.4) is 0 Å². The lowest BCUT2D eigenvalue weighted by Crippen LogP contribution is -2.16. The standard InChI is InChI=1S/C12H19NO2/c1-3-12(15-8-1)9-13-6-2-7-14-10-11-4-5-11/h1,3,8,11,13H,2,4-7,9-10H2. The van der Waals surface area contributed by atoms with Crippen molar-refractivity contribution in [1.82, 2.24) is 5.32 Å². The molecule has 1 saturated carbocycles. The van der Waals surface area contributed by atoms with Gasteiger partial charge in [0.05, 0.1) is 12.8 Å². The van der Waals surface area contributed by atoms with Gasteiger partial charge in [0.25, 0.3) is 0 Å². The molecule has 1 aliphatic carbocycles. The van der Waals surface area contributed by atoms with E-state index in [1.165, 1.54) is 12.8 Å². The Kier molecular flexibility index (Phi) is 4.23. The summed E-state index contributed by atoms with van der Waals surface area (Å²) in [5.41, 5.74) is 0. The van der Waals surface area contributed by atoms with Crippen LogP contribution in [-0.2, 0) is 11.3 Å². The topological polar surface area (TPSA) is 34.4 Å². The molecule has 3 nitrogen and oxygen atoms in total. The number of hydrogen-bond donors (Lipinski definition) is 1. The van der Waals surface area contributed by atoms with Gasteiger partial charge in [-0.3, -0.25) is 0 Å². The van der Waals surface area contributed by atoms with Crippen LogP contribution in [0.4, 0.5) is 0 Å². The molecule has 1 aromatic heterocycles. The Balaban J connectivity index is 1.38. The fraction of sp³-hybridized carbons (Fsp3) is 0.667. The molecule has 1 N–H and O–H groups in total. The smallest absolute Gasteiger partial charge is 0.117 e. The van der Waals surface area contributed by atoms with E-state index >= 15 is 0 Å². The molecule has 15 heavy (non-hydrogen) atoms. The molecule has 3 heteroatoms. The quantitative estimate of drug-likeness (QED) is 0.666. The van der Waals surface area contributed by atoms with Crippen molar-refractivity contribution in [3.63, 3.8) is 0 Å². The first-order valence-electron chi connectivity index (χ1n) is 5.76. The van der Waals surface area contributed by atoms with Crippen LogP contribution >= 0.6 is 0 Å². The van der Waals surface area contributed by atoms with Crippen molar-refractivity contribution in [1.29, 1.82) is 0 Å². The van der Waals surface area contributed by atoms with E-state index in [1.54, 1.807) is 6.26 Å². The zero-order chi connectivity index (χ0) is 10.3. The SMILES string of the molecule is c1coc(CNCCCOCC2CC2)c1. The minimum Gasteiger partial charge on any atom is -0.468 e. The summed E-state index contributed by atoms with van der Waals surface area (Å²) in [6.45, 7) is 3.65. The van der Waals surface area contributed by atoms with E-state index < -0.39 is 0 Å². The van der Waals surface area contributed by atoms with Gasteiger partial charge in [-0.1, -0.05) is 0 Å². The van der Waals surface area contributed by atoms with Gasteiger partial charge in [-0.2, -0.15) is 0 Å². The van der Waals surface area contributed by atoms with Crippen LogP contribution in [0, 0.1) is 5.92 Å². The molecule has 2 rings (SSSR count). The summed E-state index contributed by atoms with van der Waals surface area (Å²) in [4.78, 5) is 0. The van der Waals surface area contributed by atoms with Crippen LogP contribution in [-0.4, -0.2) is 19.8 Å². The van der Waals surface area contributed by atoms with E-state index in [1.807, 2.05) is 12.1 Å². The Hall–Kier alpha value is -0.800. The molecule has 0 saturated heterocycles. The van der Waals surface area contributed by atoms with E-state index in [4.69, 9.17) is 9.15 Å². The molecule has 1 aliphatic rings. The van der Waals surface area contributed by atoms with Crippen LogP contribution < -0.4 is 5.32 Å². The first-order chi connectivity index (χ1) is 7.45. The summed E-state index contributed by atoms with van der Waals surface area (Å²) in [6.07, 6.45) is 5.52. The molecule has 0 atom stereocenters. The highest BCUT2D eigenvalue weighted by Gasteiger charge is 2.20. The molecule has 84 valence electrons. The third-order valence-electron chi connectivity index (χ3n) is 2.57. The van der Waals surface area contributed by atoms with Crippen molar-refractivity contribution in [3.05, 3.63) is 24.2 Å².